The zero-order chi connectivity index (χ0) is 8.27. The number of rotatable bonds is 3. The van der Waals surface area contributed by atoms with Crippen molar-refractivity contribution in [2.24, 2.45) is 0 Å². The predicted molar refractivity (Wildman–Crippen MR) is 33.6 cm³/mol. The molecule has 0 saturated carbocycles. The summed E-state index contributed by atoms with van der Waals surface area (Å²) < 4.78 is 0. The highest BCUT2D eigenvalue weighted by atomic mass is 16.4. The third kappa shape index (κ3) is 1.96. The standard InChI is InChI=1S/C6H8N2O3/c9-5(10)2-1-4-6(11)8-3-7-4/h3,11H,1-2H2,(H,7,8)(H,9,10)/p-1. The van der Waals surface area contributed by atoms with E-state index in [9.17, 15) is 9.90 Å². The fraction of sp³-hybridized carbons (Fsp3) is 0.333. The Bertz CT molecular complexity index is 256. The maximum absolute atomic E-state index is 9.98. The van der Waals surface area contributed by atoms with E-state index in [0.29, 0.717) is 5.69 Å². The molecule has 0 bridgehead atoms. The number of aliphatic carboxylic acids is 1. The van der Waals surface area contributed by atoms with Gasteiger partial charge >= 0.3 is 0 Å². The fourth-order valence-electron chi connectivity index (χ4n) is 0.725. The number of hydrogen-bond acceptors (Lipinski definition) is 4. The molecule has 5 heteroatoms. The second-order valence-corrected chi connectivity index (χ2v) is 2.08. The van der Waals surface area contributed by atoms with Crippen LogP contribution in [0.3, 0.4) is 0 Å². The molecule has 0 aliphatic carbocycles. The monoisotopic (exact) mass is 155 g/mol. The second kappa shape index (κ2) is 3.05. The van der Waals surface area contributed by atoms with Crippen LogP contribution in [0.5, 0.6) is 5.88 Å². The number of aromatic hydroxyl groups is 1. The Morgan fingerprint density at radius 3 is 3.00 bits per heavy atom. The number of carbonyl (C=O) groups is 1. The van der Waals surface area contributed by atoms with Gasteiger partial charge in [-0.2, -0.15) is 0 Å². The first-order chi connectivity index (χ1) is 5.20. The van der Waals surface area contributed by atoms with E-state index in [1.807, 2.05) is 0 Å². The lowest BCUT2D eigenvalue weighted by atomic mass is 10.2. The van der Waals surface area contributed by atoms with Crippen molar-refractivity contribution in [3.05, 3.63) is 12.0 Å². The quantitative estimate of drug-likeness (QED) is 0.573. The molecule has 1 heterocycles. The summed E-state index contributed by atoms with van der Waals surface area (Å²) in [7, 11) is 0. The number of nitrogens with one attached hydrogen (secondary N) is 1. The van der Waals surface area contributed by atoms with Crippen LogP contribution in [0.4, 0.5) is 0 Å². The van der Waals surface area contributed by atoms with Gasteiger partial charge in [0.1, 0.15) is 0 Å². The van der Waals surface area contributed by atoms with E-state index in [4.69, 9.17) is 5.11 Å². The van der Waals surface area contributed by atoms with Crippen molar-refractivity contribution in [2.75, 3.05) is 0 Å². The summed E-state index contributed by atoms with van der Waals surface area (Å²) in [6.07, 6.45) is 1.41. The van der Waals surface area contributed by atoms with Gasteiger partial charge in [0, 0.05) is 5.97 Å². The zero-order valence-electron chi connectivity index (χ0n) is 5.70. The highest BCUT2D eigenvalue weighted by molar-refractivity contribution is 5.64. The Balaban J connectivity index is 2.51. The van der Waals surface area contributed by atoms with Crippen LogP contribution < -0.4 is 5.11 Å². The highest BCUT2D eigenvalue weighted by Gasteiger charge is 2.01. The fourth-order valence-corrected chi connectivity index (χ4v) is 0.725. The van der Waals surface area contributed by atoms with Gasteiger partial charge in [0.25, 0.3) is 0 Å². The summed E-state index contributed by atoms with van der Waals surface area (Å²) in [6.45, 7) is 0. The Labute approximate surface area is 62.7 Å². The molecule has 0 aliphatic rings. The molecule has 2 N–H and O–H groups in total. The number of H-pyrrole nitrogens is 1. The van der Waals surface area contributed by atoms with Crippen LogP contribution in [0.15, 0.2) is 6.33 Å². The highest BCUT2D eigenvalue weighted by Crippen LogP contribution is 2.10. The molecular weight excluding hydrogens is 148 g/mol. The number of aromatic amines is 1. The molecule has 0 amide bonds. The number of hydrogen-bond donors (Lipinski definition) is 2. The maximum atomic E-state index is 9.98. The zero-order valence-corrected chi connectivity index (χ0v) is 5.70. The molecule has 0 atom stereocenters. The number of imidazole rings is 1. The first kappa shape index (κ1) is 7.59. The van der Waals surface area contributed by atoms with Crippen molar-refractivity contribution < 1.29 is 15.0 Å². The van der Waals surface area contributed by atoms with Gasteiger partial charge in [0.15, 0.2) is 0 Å². The first-order valence-corrected chi connectivity index (χ1v) is 3.11. The number of aromatic nitrogens is 2. The Morgan fingerprint density at radius 1 is 1.82 bits per heavy atom. The molecular formula is C6H7N2O3-. The molecule has 5 nitrogen and oxygen atoms in total. The van der Waals surface area contributed by atoms with E-state index in [2.05, 4.69) is 9.97 Å². The summed E-state index contributed by atoms with van der Waals surface area (Å²) in [5, 5.41) is 18.9. The van der Waals surface area contributed by atoms with Gasteiger partial charge < -0.3 is 20.0 Å². The van der Waals surface area contributed by atoms with E-state index in [-0.39, 0.29) is 18.7 Å². The number of carboxylic acid groups (broad SMARTS) is 1. The number of carbonyl (C=O) groups excluding carboxylic acids is 1. The lowest BCUT2D eigenvalue weighted by Crippen LogP contribution is -2.22. The van der Waals surface area contributed by atoms with E-state index < -0.39 is 5.97 Å². The molecule has 11 heavy (non-hydrogen) atoms. The van der Waals surface area contributed by atoms with E-state index >= 15 is 0 Å². The van der Waals surface area contributed by atoms with Crippen LogP contribution in [0.2, 0.25) is 0 Å². The largest absolute Gasteiger partial charge is 0.550 e. The van der Waals surface area contributed by atoms with Gasteiger partial charge in [-0.25, -0.2) is 4.98 Å². The Kier molecular flexibility index (Phi) is 2.10. The number of nitrogens with zero attached hydrogens (tertiary/aromatic N) is 1. The second-order valence-electron chi connectivity index (χ2n) is 2.08. The average Bonchev–Trinajstić information content (AvgIpc) is 2.31. The normalized spacial score (nSPS) is 9.82. The van der Waals surface area contributed by atoms with Gasteiger partial charge in [-0.05, 0) is 12.8 Å². The summed E-state index contributed by atoms with van der Waals surface area (Å²) in [5.74, 6) is -1.29. The first-order valence-electron chi connectivity index (χ1n) is 3.11. The van der Waals surface area contributed by atoms with Crippen molar-refractivity contribution >= 4 is 5.97 Å². The molecule has 0 spiro atoms. The van der Waals surface area contributed by atoms with Crippen molar-refractivity contribution in [1.29, 1.82) is 0 Å². The summed E-state index contributed by atoms with van der Waals surface area (Å²) >= 11 is 0. The minimum atomic E-state index is -1.14. The Morgan fingerprint density at radius 2 is 2.55 bits per heavy atom. The van der Waals surface area contributed by atoms with Crippen LogP contribution in [0.25, 0.3) is 0 Å². The molecule has 0 aromatic carbocycles. The summed E-state index contributed by atoms with van der Waals surface area (Å²) in [5.41, 5.74) is 0.425. The maximum Gasteiger partial charge on any atom is 0.232 e. The smallest absolute Gasteiger partial charge is 0.232 e. The van der Waals surface area contributed by atoms with Gasteiger partial charge in [0.05, 0.1) is 12.0 Å². The van der Waals surface area contributed by atoms with Crippen LogP contribution in [-0.4, -0.2) is 21.0 Å². The third-order valence-corrected chi connectivity index (χ3v) is 1.27. The molecule has 1 aromatic heterocycles. The van der Waals surface area contributed by atoms with Crippen molar-refractivity contribution in [1.82, 2.24) is 9.97 Å². The van der Waals surface area contributed by atoms with Crippen LogP contribution >= 0.6 is 0 Å². The van der Waals surface area contributed by atoms with Gasteiger partial charge in [0.2, 0.25) is 5.88 Å². The van der Waals surface area contributed by atoms with Crippen LogP contribution in [0.1, 0.15) is 12.1 Å². The number of carboxylic acids is 1. The van der Waals surface area contributed by atoms with Gasteiger partial charge in [-0.3, -0.25) is 0 Å². The molecule has 0 unspecified atom stereocenters. The van der Waals surface area contributed by atoms with Crippen molar-refractivity contribution in [2.45, 2.75) is 12.8 Å². The van der Waals surface area contributed by atoms with E-state index in [1.54, 1.807) is 0 Å². The number of aryl methyl sites for hydroxylation is 1. The third-order valence-electron chi connectivity index (χ3n) is 1.27. The average molecular weight is 155 g/mol. The molecule has 0 aliphatic heterocycles. The predicted octanol–water partition coefficient (Wildman–Crippen LogP) is -1.20. The van der Waals surface area contributed by atoms with Crippen molar-refractivity contribution in [3.63, 3.8) is 0 Å². The summed E-state index contributed by atoms with van der Waals surface area (Å²) in [6, 6.07) is 0. The SMILES string of the molecule is O=C([O-])CCc1[nH]cnc1O. The van der Waals surface area contributed by atoms with Gasteiger partial charge in [-0.1, -0.05) is 0 Å². The van der Waals surface area contributed by atoms with Crippen LogP contribution in [0, 0.1) is 0 Å². The lowest BCUT2D eigenvalue weighted by Gasteiger charge is -1.98. The lowest BCUT2D eigenvalue weighted by molar-refractivity contribution is -0.305. The van der Waals surface area contributed by atoms with E-state index in [0.717, 1.165) is 0 Å². The molecule has 0 fully saturated rings. The molecule has 0 saturated heterocycles. The summed E-state index contributed by atoms with van der Waals surface area (Å²) in [4.78, 5) is 16.1. The minimum Gasteiger partial charge on any atom is -0.550 e. The van der Waals surface area contributed by atoms with Crippen molar-refractivity contribution in [3.8, 4) is 5.88 Å². The topological polar surface area (TPSA) is 89.0 Å². The van der Waals surface area contributed by atoms with E-state index in [1.165, 1.54) is 6.33 Å². The molecule has 1 rings (SSSR count). The van der Waals surface area contributed by atoms with Crippen LogP contribution in [-0.2, 0) is 11.2 Å². The molecule has 1 aromatic rings. The molecule has 0 radical (unpaired) electrons. The molecule has 60 valence electrons. The van der Waals surface area contributed by atoms with Gasteiger partial charge in [-0.15, -0.1) is 0 Å². The Hall–Kier alpha value is -1.52. The minimum absolute atomic E-state index is 0.115.